The first-order valence-corrected chi connectivity index (χ1v) is 7.39. The number of hydrogen-bond acceptors (Lipinski definition) is 4. The van der Waals surface area contributed by atoms with E-state index in [1.807, 2.05) is 26.0 Å². The molecule has 1 atom stereocenters. The van der Waals surface area contributed by atoms with E-state index < -0.39 is 11.9 Å². The second-order valence-electron chi connectivity index (χ2n) is 5.43. The molecule has 2 amide bonds. The number of anilines is 1. The van der Waals surface area contributed by atoms with Crippen molar-refractivity contribution in [1.29, 1.82) is 0 Å². The van der Waals surface area contributed by atoms with Crippen molar-refractivity contribution in [1.82, 2.24) is 4.98 Å². The minimum Gasteiger partial charge on any atom is -0.436 e. The predicted molar refractivity (Wildman–Crippen MR) is 85.6 cm³/mol. The van der Waals surface area contributed by atoms with Crippen LogP contribution in [0.3, 0.4) is 0 Å². The monoisotopic (exact) mass is 311 g/mol. The largest absolute Gasteiger partial charge is 0.436 e. The molecule has 0 radical (unpaired) electrons. The van der Waals surface area contributed by atoms with Gasteiger partial charge >= 0.3 is 0 Å². The molecule has 0 saturated carbocycles. The van der Waals surface area contributed by atoms with Crippen LogP contribution < -0.4 is 15.4 Å². The molecule has 6 nitrogen and oxygen atoms in total. The molecule has 0 spiro atoms. The van der Waals surface area contributed by atoms with E-state index in [9.17, 15) is 9.59 Å². The number of pyridine rings is 1. The molecule has 0 fully saturated rings. The molecule has 2 heterocycles. The molecule has 1 unspecified atom stereocenters. The van der Waals surface area contributed by atoms with Gasteiger partial charge < -0.3 is 10.5 Å². The molecule has 2 N–H and O–H groups in total. The third-order valence-electron chi connectivity index (χ3n) is 3.83. The number of rotatable bonds is 3. The zero-order chi connectivity index (χ0) is 16.6. The quantitative estimate of drug-likeness (QED) is 0.943. The summed E-state index contributed by atoms with van der Waals surface area (Å²) in [5.74, 6) is -0.200. The summed E-state index contributed by atoms with van der Waals surface area (Å²) in [7, 11) is 0. The van der Waals surface area contributed by atoms with Gasteiger partial charge in [-0.3, -0.25) is 14.5 Å². The fourth-order valence-electron chi connectivity index (χ4n) is 2.70. The van der Waals surface area contributed by atoms with Crippen LogP contribution in [0.1, 0.15) is 29.3 Å². The van der Waals surface area contributed by atoms with E-state index in [0.717, 1.165) is 5.56 Å². The van der Waals surface area contributed by atoms with Crippen molar-refractivity contribution in [2.75, 3.05) is 4.90 Å². The molecule has 0 bridgehead atoms. The standard InChI is InChI=1S/C17H17N3O3/c1-3-12(15(18)21)20-13-9-10(2)6-7-14(13)23-16-11(17(20)22)5-4-8-19-16/h4-9,12H,3H2,1-2H3,(H2,18,21). The van der Waals surface area contributed by atoms with Gasteiger partial charge in [0.15, 0.2) is 5.75 Å². The Morgan fingerprint density at radius 2 is 2.17 bits per heavy atom. The van der Waals surface area contributed by atoms with Crippen molar-refractivity contribution < 1.29 is 14.3 Å². The second kappa shape index (κ2) is 5.72. The molecule has 0 saturated heterocycles. The molecular formula is C17H17N3O3. The van der Waals surface area contributed by atoms with Crippen molar-refractivity contribution in [3.05, 3.63) is 47.7 Å². The Hall–Kier alpha value is -2.89. The number of benzene rings is 1. The van der Waals surface area contributed by atoms with E-state index in [1.54, 1.807) is 24.4 Å². The normalized spacial score (nSPS) is 14.3. The van der Waals surface area contributed by atoms with Crippen molar-refractivity contribution in [2.45, 2.75) is 26.3 Å². The number of carbonyl (C=O) groups is 2. The fourth-order valence-corrected chi connectivity index (χ4v) is 2.70. The summed E-state index contributed by atoms with van der Waals surface area (Å²) < 4.78 is 5.81. The third-order valence-corrected chi connectivity index (χ3v) is 3.83. The van der Waals surface area contributed by atoms with Crippen LogP contribution in [-0.4, -0.2) is 22.8 Å². The molecule has 6 heteroatoms. The highest BCUT2D eigenvalue weighted by atomic mass is 16.5. The Morgan fingerprint density at radius 3 is 2.87 bits per heavy atom. The highest BCUT2D eigenvalue weighted by Gasteiger charge is 2.35. The van der Waals surface area contributed by atoms with E-state index in [4.69, 9.17) is 10.5 Å². The van der Waals surface area contributed by atoms with E-state index in [-0.39, 0.29) is 11.8 Å². The fraction of sp³-hybridized carbons (Fsp3) is 0.235. The van der Waals surface area contributed by atoms with Gasteiger partial charge in [0.2, 0.25) is 11.8 Å². The Labute approximate surface area is 133 Å². The van der Waals surface area contributed by atoms with Crippen LogP contribution in [0.2, 0.25) is 0 Å². The molecule has 1 aliphatic rings. The first kappa shape index (κ1) is 15.0. The number of aromatic nitrogens is 1. The lowest BCUT2D eigenvalue weighted by Crippen LogP contribution is -2.47. The summed E-state index contributed by atoms with van der Waals surface area (Å²) in [6, 6.07) is 7.99. The number of carbonyl (C=O) groups excluding carboxylic acids is 2. The molecule has 1 aromatic heterocycles. The van der Waals surface area contributed by atoms with Crippen LogP contribution in [0.15, 0.2) is 36.5 Å². The zero-order valence-corrected chi connectivity index (χ0v) is 12.9. The number of nitrogens with two attached hydrogens (primary N) is 1. The van der Waals surface area contributed by atoms with Gasteiger partial charge in [-0.2, -0.15) is 0 Å². The van der Waals surface area contributed by atoms with E-state index in [2.05, 4.69) is 4.98 Å². The topological polar surface area (TPSA) is 85.5 Å². The molecule has 118 valence electrons. The molecule has 1 aromatic carbocycles. The molecule has 2 aromatic rings. The summed E-state index contributed by atoms with van der Waals surface area (Å²) in [6.45, 7) is 3.72. The first-order chi connectivity index (χ1) is 11.0. The van der Waals surface area contributed by atoms with Crippen LogP contribution in [0.4, 0.5) is 5.69 Å². The van der Waals surface area contributed by atoms with Crippen LogP contribution in [0.5, 0.6) is 11.6 Å². The average molecular weight is 311 g/mol. The van der Waals surface area contributed by atoms with Crippen LogP contribution in [-0.2, 0) is 4.79 Å². The maximum Gasteiger partial charge on any atom is 0.264 e. The first-order valence-electron chi connectivity index (χ1n) is 7.39. The molecule has 3 rings (SSSR count). The summed E-state index contributed by atoms with van der Waals surface area (Å²) in [6.07, 6.45) is 1.96. The number of amides is 2. The van der Waals surface area contributed by atoms with Gasteiger partial charge in [-0.05, 0) is 43.2 Å². The Kier molecular flexibility index (Phi) is 3.73. The van der Waals surface area contributed by atoms with Crippen molar-refractivity contribution in [3.8, 4) is 11.6 Å². The maximum absolute atomic E-state index is 13.0. The van der Waals surface area contributed by atoms with Crippen molar-refractivity contribution >= 4 is 17.5 Å². The van der Waals surface area contributed by atoms with Gasteiger partial charge in [-0.1, -0.05) is 13.0 Å². The second-order valence-corrected chi connectivity index (χ2v) is 5.43. The van der Waals surface area contributed by atoms with Crippen LogP contribution in [0.25, 0.3) is 0 Å². The van der Waals surface area contributed by atoms with Gasteiger partial charge in [0.1, 0.15) is 11.6 Å². The van der Waals surface area contributed by atoms with Gasteiger partial charge in [0.25, 0.3) is 5.91 Å². The Balaban J connectivity index is 2.26. The summed E-state index contributed by atoms with van der Waals surface area (Å²) >= 11 is 0. The predicted octanol–water partition coefficient (Wildman–Crippen LogP) is 2.41. The van der Waals surface area contributed by atoms with Crippen LogP contribution in [0, 0.1) is 6.92 Å². The highest BCUT2D eigenvalue weighted by Crippen LogP contribution is 2.39. The van der Waals surface area contributed by atoms with E-state index in [0.29, 0.717) is 23.4 Å². The molecule has 0 aliphatic carbocycles. The Bertz CT molecular complexity index is 788. The maximum atomic E-state index is 13.0. The zero-order valence-electron chi connectivity index (χ0n) is 12.9. The van der Waals surface area contributed by atoms with Gasteiger partial charge in [0, 0.05) is 6.20 Å². The summed E-state index contributed by atoms with van der Waals surface area (Å²) in [5, 5.41) is 0. The number of fused-ring (bicyclic) bond motifs is 2. The third kappa shape index (κ3) is 2.52. The smallest absolute Gasteiger partial charge is 0.264 e. The average Bonchev–Trinajstić information content (AvgIpc) is 2.64. The van der Waals surface area contributed by atoms with Crippen LogP contribution >= 0.6 is 0 Å². The van der Waals surface area contributed by atoms with Crippen molar-refractivity contribution in [2.24, 2.45) is 5.73 Å². The van der Waals surface area contributed by atoms with Gasteiger partial charge in [-0.15, -0.1) is 0 Å². The lowest BCUT2D eigenvalue weighted by molar-refractivity contribution is -0.119. The molecule has 1 aliphatic heterocycles. The SMILES string of the molecule is CCC(C(N)=O)N1C(=O)c2cccnc2Oc2ccc(C)cc21. The lowest BCUT2D eigenvalue weighted by atomic mass is 10.1. The highest BCUT2D eigenvalue weighted by molar-refractivity contribution is 6.12. The minimum atomic E-state index is -0.752. The minimum absolute atomic E-state index is 0.226. The number of aryl methyl sites for hydroxylation is 1. The summed E-state index contributed by atoms with van der Waals surface area (Å²) in [5.41, 5.74) is 7.30. The Morgan fingerprint density at radius 1 is 1.39 bits per heavy atom. The number of hydrogen-bond donors (Lipinski definition) is 1. The number of nitrogens with zero attached hydrogens (tertiary/aromatic N) is 2. The van der Waals surface area contributed by atoms with E-state index >= 15 is 0 Å². The molecular weight excluding hydrogens is 294 g/mol. The van der Waals surface area contributed by atoms with E-state index in [1.165, 1.54) is 4.90 Å². The molecule has 23 heavy (non-hydrogen) atoms. The van der Waals surface area contributed by atoms with Crippen molar-refractivity contribution in [3.63, 3.8) is 0 Å². The summed E-state index contributed by atoms with van der Waals surface area (Å²) in [4.78, 5) is 30.4. The van der Waals surface area contributed by atoms with Gasteiger partial charge in [0.05, 0.1) is 5.69 Å². The van der Waals surface area contributed by atoms with Gasteiger partial charge in [-0.25, -0.2) is 4.98 Å². The number of ether oxygens (including phenoxy) is 1. The lowest BCUT2D eigenvalue weighted by Gasteiger charge is -2.28. The number of primary amides is 1.